The van der Waals surface area contributed by atoms with Crippen molar-refractivity contribution < 1.29 is 37.7 Å². The Hall–Kier alpha value is -3.99. The largest absolute Gasteiger partial charge is 0.465 e. The number of hydrogen-bond donors (Lipinski definition) is 1. The smallest absolute Gasteiger partial charge is 0.268 e. The van der Waals surface area contributed by atoms with Crippen molar-refractivity contribution in [1.29, 1.82) is 0 Å². The maximum atomic E-state index is 12.0. The van der Waals surface area contributed by atoms with Crippen LogP contribution >= 0.6 is 0 Å². The fourth-order valence-corrected chi connectivity index (χ4v) is 4.30. The van der Waals surface area contributed by atoms with Crippen LogP contribution in [0.2, 0.25) is 0 Å². The molecule has 4 heterocycles. The molecule has 2 saturated heterocycles. The van der Waals surface area contributed by atoms with Gasteiger partial charge in [0.2, 0.25) is 11.7 Å². The third kappa shape index (κ3) is 7.56. The molecule has 2 aromatic heterocycles. The Morgan fingerprint density at radius 3 is 1.85 bits per heavy atom. The first-order chi connectivity index (χ1) is 19.7. The zero-order valence-corrected chi connectivity index (χ0v) is 22.0. The number of aliphatic hydroxyl groups excluding tert-OH is 1. The van der Waals surface area contributed by atoms with Crippen LogP contribution in [0.3, 0.4) is 0 Å². The van der Waals surface area contributed by atoms with Gasteiger partial charge >= 0.3 is 0 Å². The minimum absolute atomic E-state index is 0.0919. The van der Waals surface area contributed by atoms with Gasteiger partial charge in [-0.05, 0) is 67.6 Å². The summed E-state index contributed by atoms with van der Waals surface area (Å²) in [6, 6.07) is 14.1. The Labute approximate surface area is 231 Å². The number of benzene rings is 2. The normalized spacial score (nSPS) is 19.6. The van der Waals surface area contributed by atoms with Crippen molar-refractivity contribution in [2.45, 2.75) is 57.2 Å². The molecule has 40 heavy (non-hydrogen) atoms. The lowest BCUT2D eigenvalue weighted by molar-refractivity contribution is -0.106. The first-order valence-electron chi connectivity index (χ1n) is 13.4. The van der Waals surface area contributed by atoms with E-state index in [1.807, 2.05) is 12.1 Å². The van der Waals surface area contributed by atoms with E-state index in [1.165, 1.54) is 24.9 Å². The molecule has 1 N–H and O–H groups in total. The highest BCUT2D eigenvalue weighted by molar-refractivity contribution is 6.05. The number of carbonyl (C=O) groups is 1. The van der Waals surface area contributed by atoms with Crippen molar-refractivity contribution in [1.82, 2.24) is 9.97 Å². The third-order valence-electron chi connectivity index (χ3n) is 6.44. The lowest BCUT2D eigenvalue weighted by atomic mass is 10.1. The molecule has 2 aliphatic heterocycles. The van der Waals surface area contributed by atoms with Crippen molar-refractivity contribution in [3.05, 3.63) is 96.4 Å². The van der Waals surface area contributed by atoms with Crippen LogP contribution < -0.4 is 9.47 Å². The number of nitrogens with zero attached hydrogens (tertiary/aromatic N) is 2. The van der Waals surface area contributed by atoms with Gasteiger partial charge in [0.15, 0.2) is 18.7 Å². The van der Waals surface area contributed by atoms with Crippen LogP contribution in [0.1, 0.15) is 72.3 Å². The van der Waals surface area contributed by atoms with Crippen LogP contribution in [-0.4, -0.2) is 46.7 Å². The predicted octanol–water partition coefficient (Wildman–Crippen LogP) is 5.47. The van der Waals surface area contributed by atoms with Crippen molar-refractivity contribution in [2.75, 3.05) is 13.2 Å². The van der Waals surface area contributed by atoms with Crippen LogP contribution in [0.15, 0.2) is 82.3 Å². The molecule has 0 saturated carbocycles. The number of aromatic nitrogens is 2. The van der Waals surface area contributed by atoms with Crippen LogP contribution in [0.5, 0.6) is 11.5 Å². The highest BCUT2D eigenvalue weighted by Crippen LogP contribution is 2.25. The first-order valence-corrected chi connectivity index (χ1v) is 13.4. The summed E-state index contributed by atoms with van der Waals surface area (Å²) in [5.74, 6) is 1.57. The predicted molar refractivity (Wildman–Crippen MR) is 142 cm³/mol. The van der Waals surface area contributed by atoms with Gasteiger partial charge < -0.3 is 32.9 Å². The molecular formula is C30H32N2O8. The minimum atomic E-state index is -0.856. The average Bonchev–Trinajstić information content (AvgIpc) is 3.74. The van der Waals surface area contributed by atoms with Crippen LogP contribution in [0, 0.1) is 0 Å². The molecule has 0 amide bonds. The summed E-state index contributed by atoms with van der Waals surface area (Å²) >= 11 is 0. The van der Waals surface area contributed by atoms with E-state index >= 15 is 0 Å². The van der Waals surface area contributed by atoms with Gasteiger partial charge in [0.25, 0.3) is 5.89 Å². The van der Waals surface area contributed by atoms with Gasteiger partial charge in [0.05, 0.1) is 25.6 Å². The lowest BCUT2D eigenvalue weighted by Gasteiger charge is -2.23. The van der Waals surface area contributed by atoms with Crippen molar-refractivity contribution >= 4 is 5.78 Å². The molecule has 3 unspecified atom stereocenters. The molecule has 0 bridgehead atoms. The second kappa shape index (κ2) is 13.9. The van der Waals surface area contributed by atoms with Crippen molar-refractivity contribution in [3.63, 3.8) is 0 Å². The fourth-order valence-electron chi connectivity index (χ4n) is 4.30. The first kappa shape index (κ1) is 27.6. The molecule has 0 spiro atoms. The molecule has 2 fully saturated rings. The van der Waals surface area contributed by atoms with E-state index < -0.39 is 6.10 Å². The Kier molecular flexibility index (Phi) is 9.57. The van der Waals surface area contributed by atoms with E-state index in [0.717, 1.165) is 57.5 Å². The Bertz CT molecular complexity index is 1280. The fraction of sp³-hybridized carbons (Fsp3) is 0.367. The molecule has 6 rings (SSSR count). The zero-order chi connectivity index (χ0) is 27.6. The molecule has 0 aliphatic carbocycles. The quantitative estimate of drug-likeness (QED) is 0.283. The second-order valence-electron chi connectivity index (χ2n) is 9.36. The van der Waals surface area contributed by atoms with Crippen LogP contribution in [0.4, 0.5) is 0 Å². The van der Waals surface area contributed by atoms with E-state index in [9.17, 15) is 9.90 Å². The summed E-state index contributed by atoms with van der Waals surface area (Å²) in [5, 5.41) is 10.1. The van der Waals surface area contributed by atoms with E-state index in [0.29, 0.717) is 16.9 Å². The summed E-state index contributed by atoms with van der Waals surface area (Å²) in [7, 11) is 0. The second-order valence-corrected chi connectivity index (χ2v) is 9.36. The number of rotatable bonds is 8. The van der Waals surface area contributed by atoms with E-state index in [2.05, 4.69) is 9.97 Å². The molecule has 3 atom stereocenters. The van der Waals surface area contributed by atoms with Crippen LogP contribution in [0.25, 0.3) is 0 Å². The molecule has 0 radical (unpaired) electrons. The Morgan fingerprint density at radius 1 is 0.775 bits per heavy atom. The molecule has 2 aliphatic rings. The zero-order valence-electron chi connectivity index (χ0n) is 22.0. The molecule has 10 nitrogen and oxygen atoms in total. The molecule has 210 valence electrons. The van der Waals surface area contributed by atoms with Crippen LogP contribution in [-0.2, 0) is 9.47 Å². The van der Waals surface area contributed by atoms with Gasteiger partial charge in [-0.15, -0.1) is 0 Å². The maximum Gasteiger partial charge on any atom is 0.268 e. The Morgan fingerprint density at radius 2 is 1.35 bits per heavy atom. The topological polar surface area (TPSA) is 126 Å². The van der Waals surface area contributed by atoms with Gasteiger partial charge in [-0.1, -0.05) is 12.1 Å². The Balaban J connectivity index is 0.000000161. The lowest BCUT2D eigenvalue weighted by Crippen LogP contribution is -2.24. The molecule has 10 heteroatoms. The number of ether oxygens (including phenoxy) is 4. The van der Waals surface area contributed by atoms with Gasteiger partial charge in [-0.25, -0.2) is 9.97 Å². The van der Waals surface area contributed by atoms with E-state index in [1.54, 1.807) is 36.4 Å². The minimum Gasteiger partial charge on any atom is -0.465 e. The number of aliphatic hydroxyl groups is 1. The third-order valence-corrected chi connectivity index (χ3v) is 6.44. The van der Waals surface area contributed by atoms with Crippen molar-refractivity contribution in [2.24, 2.45) is 0 Å². The summed E-state index contributed by atoms with van der Waals surface area (Å²) in [4.78, 5) is 19.8. The summed E-state index contributed by atoms with van der Waals surface area (Å²) < 4.78 is 32.6. The highest BCUT2D eigenvalue weighted by Gasteiger charge is 2.18. The molecule has 2 aromatic carbocycles. The average molecular weight is 549 g/mol. The van der Waals surface area contributed by atoms with Gasteiger partial charge in [0, 0.05) is 18.4 Å². The molecular weight excluding hydrogens is 516 g/mol. The van der Waals surface area contributed by atoms with E-state index in [-0.39, 0.29) is 30.1 Å². The number of carbonyl (C=O) groups excluding carboxylic acids is 1. The summed E-state index contributed by atoms with van der Waals surface area (Å²) in [6.07, 6.45) is 10.8. The standard InChI is InChI=1S/C15H17NO4.C15H15NO4/c2*17-14(15-16-8-10-19-15)11-4-6-12(7-5-11)20-13-3-1-2-9-18-13/h4-8,10,13-14,17H,1-3,9H2;4-8,10,13H,1-3,9H2. The van der Waals surface area contributed by atoms with Crippen molar-refractivity contribution in [3.8, 4) is 11.5 Å². The molecule has 4 aromatic rings. The summed E-state index contributed by atoms with van der Waals surface area (Å²) in [6.45, 7) is 1.50. The van der Waals surface area contributed by atoms with Gasteiger partial charge in [0.1, 0.15) is 24.0 Å². The number of oxazole rings is 2. The van der Waals surface area contributed by atoms with E-state index in [4.69, 9.17) is 27.8 Å². The summed E-state index contributed by atoms with van der Waals surface area (Å²) in [5.41, 5.74) is 1.23. The maximum absolute atomic E-state index is 12.0. The van der Waals surface area contributed by atoms with Gasteiger partial charge in [-0.3, -0.25) is 4.79 Å². The monoisotopic (exact) mass is 548 g/mol. The van der Waals surface area contributed by atoms with Gasteiger partial charge in [-0.2, -0.15) is 0 Å². The highest BCUT2D eigenvalue weighted by atomic mass is 16.7. The SMILES string of the molecule is O=C(c1ccc(OC2CCCCO2)cc1)c1ncco1.OC(c1ccc(OC2CCCCO2)cc1)c1ncco1. The number of hydrogen-bond acceptors (Lipinski definition) is 10. The number of ketones is 1.